The smallest absolute Gasteiger partial charge is 0.336 e. The predicted molar refractivity (Wildman–Crippen MR) is 119 cm³/mol. The Hall–Kier alpha value is -3.80. The third-order valence-electron chi connectivity index (χ3n) is 5.82. The summed E-state index contributed by atoms with van der Waals surface area (Å²) >= 11 is 0. The van der Waals surface area contributed by atoms with E-state index in [9.17, 15) is 14.7 Å². The molecule has 6 heteroatoms. The van der Waals surface area contributed by atoms with Gasteiger partial charge in [-0.1, -0.05) is 80.6 Å². The van der Waals surface area contributed by atoms with Gasteiger partial charge >= 0.3 is 5.97 Å². The van der Waals surface area contributed by atoms with Gasteiger partial charge in [-0.3, -0.25) is 9.89 Å². The fourth-order valence-corrected chi connectivity index (χ4v) is 3.99. The van der Waals surface area contributed by atoms with Crippen LogP contribution in [0, 0.1) is 0 Å². The average Bonchev–Trinajstić information content (AvgIpc) is 3.26. The van der Waals surface area contributed by atoms with Crippen molar-refractivity contribution in [2.24, 2.45) is 0 Å². The van der Waals surface area contributed by atoms with Gasteiger partial charge in [0.2, 0.25) is 0 Å². The van der Waals surface area contributed by atoms with Gasteiger partial charge in [0.15, 0.2) is 5.78 Å². The standard InChI is InChI=1S/C25H23N3O3/c1-4-20(29)22-18(24(30)31)14-19-23(27-28-26-19)21(22)15-9-8-12-17(13-15)25(2,3)16-10-6-5-7-11-16/h5-14H,4H2,1-3H3,(H,30,31)(H,26,27,28). The van der Waals surface area contributed by atoms with Crippen LogP contribution >= 0.6 is 0 Å². The van der Waals surface area contributed by atoms with Crippen molar-refractivity contribution < 1.29 is 14.7 Å². The maximum absolute atomic E-state index is 12.9. The number of nitrogens with zero attached hydrogens (tertiary/aromatic N) is 2. The third-order valence-corrected chi connectivity index (χ3v) is 5.82. The van der Waals surface area contributed by atoms with Crippen LogP contribution in [0.2, 0.25) is 0 Å². The van der Waals surface area contributed by atoms with Crippen LogP contribution in [0.25, 0.3) is 22.2 Å². The molecule has 0 atom stereocenters. The fourth-order valence-electron chi connectivity index (χ4n) is 3.99. The van der Waals surface area contributed by atoms with Crippen LogP contribution in [-0.2, 0) is 5.41 Å². The Morgan fingerprint density at radius 1 is 1.00 bits per heavy atom. The monoisotopic (exact) mass is 413 g/mol. The van der Waals surface area contributed by atoms with Crippen molar-refractivity contribution in [3.05, 3.63) is 82.9 Å². The van der Waals surface area contributed by atoms with E-state index in [1.807, 2.05) is 42.5 Å². The minimum absolute atomic E-state index is 0.0480. The van der Waals surface area contributed by atoms with Crippen LogP contribution in [0.15, 0.2) is 60.7 Å². The molecule has 0 saturated carbocycles. The predicted octanol–water partition coefficient (Wildman–Crippen LogP) is 5.24. The number of hydrogen-bond acceptors (Lipinski definition) is 4. The van der Waals surface area contributed by atoms with Crippen molar-refractivity contribution in [3.63, 3.8) is 0 Å². The van der Waals surface area contributed by atoms with Crippen molar-refractivity contribution >= 4 is 22.8 Å². The number of fused-ring (bicyclic) bond motifs is 1. The minimum atomic E-state index is -1.16. The van der Waals surface area contributed by atoms with Gasteiger partial charge in [0.05, 0.1) is 11.1 Å². The number of aromatic amines is 1. The molecule has 0 radical (unpaired) electrons. The van der Waals surface area contributed by atoms with Crippen LogP contribution in [0.3, 0.4) is 0 Å². The van der Waals surface area contributed by atoms with E-state index in [1.54, 1.807) is 6.92 Å². The molecule has 1 aromatic heterocycles. The lowest BCUT2D eigenvalue weighted by atomic mass is 9.77. The molecule has 0 amide bonds. The number of aromatic nitrogens is 3. The number of hydrogen-bond donors (Lipinski definition) is 2. The summed E-state index contributed by atoms with van der Waals surface area (Å²) in [5, 5.41) is 20.6. The molecule has 0 bridgehead atoms. The Balaban J connectivity index is 2.00. The van der Waals surface area contributed by atoms with Gasteiger partial charge in [0.1, 0.15) is 5.52 Å². The van der Waals surface area contributed by atoms with Crippen LogP contribution in [-0.4, -0.2) is 32.3 Å². The van der Waals surface area contributed by atoms with E-state index in [0.717, 1.165) is 16.7 Å². The summed E-state index contributed by atoms with van der Waals surface area (Å²) in [7, 11) is 0. The lowest BCUT2D eigenvalue weighted by Gasteiger charge is -2.27. The van der Waals surface area contributed by atoms with Crippen molar-refractivity contribution in [1.29, 1.82) is 0 Å². The SMILES string of the molecule is CCC(=O)c1c(C(=O)O)cc2[nH]nnc2c1-c1cccc(C(C)(C)c2ccccc2)c1. The Morgan fingerprint density at radius 3 is 2.39 bits per heavy atom. The van der Waals surface area contributed by atoms with E-state index in [2.05, 4.69) is 41.4 Å². The molecular weight excluding hydrogens is 390 g/mol. The van der Waals surface area contributed by atoms with Crippen LogP contribution in [0.4, 0.5) is 0 Å². The quantitative estimate of drug-likeness (QED) is 0.421. The van der Waals surface area contributed by atoms with Crippen LogP contribution < -0.4 is 0 Å². The van der Waals surface area contributed by atoms with Gasteiger partial charge in [-0.05, 0) is 22.8 Å². The summed E-state index contributed by atoms with van der Waals surface area (Å²) in [6, 6.07) is 19.5. The number of rotatable bonds is 6. The molecule has 3 aromatic carbocycles. The van der Waals surface area contributed by atoms with Gasteiger partial charge in [-0.15, -0.1) is 5.10 Å². The molecule has 0 aliphatic rings. The van der Waals surface area contributed by atoms with Crippen molar-refractivity contribution in [2.75, 3.05) is 0 Å². The number of ketones is 1. The van der Waals surface area contributed by atoms with Crippen molar-refractivity contribution in [1.82, 2.24) is 15.4 Å². The van der Waals surface area contributed by atoms with Gasteiger partial charge in [0, 0.05) is 23.0 Å². The summed E-state index contributed by atoms with van der Waals surface area (Å²) in [6.45, 7) is 6.00. The first-order chi connectivity index (χ1) is 14.8. The summed E-state index contributed by atoms with van der Waals surface area (Å²) in [5.41, 5.74) is 4.23. The zero-order valence-corrected chi connectivity index (χ0v) is 17.6. The molecule has 2 N–H and O–H groups in total. The summed E-state index contributed by atoms with van der Waals surface area (Å²) in [4.78, 5) is 24.9. The lowest BCUT2D eigenvalue weighted by molar-refractivity contribution is 0.0692. The molecule has 156 valence electrons. The molecule has 4 rings (SSSR count). The molecule has 0 saturated heterocycles. The molecule has 31 heavy (non-hydrogen) atoms. The Kier molecular flexibility index (Phi) is 5.15. The van der Waals surface area contributed by atoms with Gasteiger partial charge < -0.3 is 5.11 Å². The van der Waals surface area contributed by atoms with E-state index in [-0.39, 0.29) is 28.7 Å². The molecule has 6 nitrogen and oxygen atoms in total. The molecule has 1 heterocycles. The number of carboxylic acids is 1. The highest BCUT2D eigenvalue weighted by Gasteiger charge is 2.27. The zero-order chi connectivity index (χ0) is 22.2. The number of aromatic carboxylic acids is 1. The first-order valence-corrected chi connectivity index (χ1v) is 10.1. The maximum Gasteiger partial charge on any atom is 0.336 e. The molecular formula is C25H23N3O3. The highest BCUT2D eigenvalue weighted by molar-refractivity contribution is 6.15. The van der Waals surface area contributed by atoms with Crippen LogP contribution in [0.1, 0.15) is 59.0 Å². The van der Waals surface area contributed by atoms with E-state index in [4.69, 9.17) is 0 Å². The number of benzene rings is 3. The molecule has 0 aliphatic heterocycles. The number of nitrogens with one attached hydrogen (secondary N) is 1. The van der Waals surface area contributed by atoms with E-state index < -0.39 is 5.97 Å². The molecule has 4 aromatic rings. The second-order valence-electron chi connectivity index (χ2n) is 8.04. The molecule has 0 aliphatic carbocycles. The first kappa shape index (κ1) is 20.5. The third kappa shape index (κ3) is 3.50. The topological polar surface area (TPSA) is 95.9 Å². The number of carbonyl (C=O) groups is 2. The first-order valence-electron chi connectivity index (χ1n) is 10.1. The highest BCUT2D eigenvalue weighted by atomic mass is 16.4. The number of carbonyl (C=O) groups excluding carboxylic acids is 1. The summed E-state index contributed by atoms with van der Waals surface area (Å²) in [5.74, 6) is -1.40. The number of Topliss-reactive ketones (excluding diaryl/α,β-unsaturated/α-hetero) is 1. The van der Waals surface area contributed by atoms with Gasteiger partial charge in [-0.2, -0.15) is 0 Å². The molecule has 0 spiro atoms. The number of H-pyrrole nitrogens is 1. The van der Waals surface area contributed by atoms with E-state index in [0.29, 0.717) is 16.6 Å². The zero-order valence-electron chi connectivity index (χ0n) is 17.6. The Bertz CT molecular complexity index is 1290. The molecule has 0 fully saturated rings. The summed E-state index contributed by atoms with van der Waals surface area (Å²) < 4.78 is 0. The largest absolute Gasteiger partial charge is 0.478 e. The fraction of sp³-hybridized carbons (Fsp3) is 0.200. The van der Waals surface area contributed by atoms with E-state index >= 15 is 0 Å². The number of carboxylic acid groups (broad SMARTS) is 1. The van der Waals surface area contributed by atoms with E-state index in [1.165, 1.54) is 6.07 Å². The Labute approximate surface area is 179 Å². The van der Waals surface area contributed by atoms with Crippen molar-refractivity contribution in [2.45, 2.75) is 32.6 Å². The Morgan fingerprint density at radius 2 is 1.71 bits per heavy atom. The average molecular weight is 413 g/mol. The van der Waals surface area contributed by atoms with Gasteiger partial charge in [-0.25, -0.2) is 4.79 Å². The normalized spacial score (nSPS) is 11.6. The van der Waals surface area contributed by atoms with Crippen LogP contribution in [0.5, 0.6) is 0 Å². The minimum Gasteiger partial charge on any atom is -0.478 e. The van der Waals surface area contributed by atoms with Gasteiger partial charge in [0.25, 0.3) is 0 Å². The maximum atomic E-state index is 12.9. The molecule has 0 unspecified atom stereocenters. The second kappa shape index (κ2) is 7.80. The summed E-state index contributed by atoms with van der Waals surface area (Å²) in [6.07, 6.45) is 0.186. The lowest BCUT2D eigenvalue weighted by Crippen LogP contribution is -2.19. The second-order valence-corrected chi connectivity index (χ2v) is 8.04. The highest BCUT2D eigenvalue weighted by Crippen LogP contribution is 2.38. The van der Waals surface area contributed by atoms with Crippen molar-refractivity contribution in [3.8, 4) is 11.1 Å².